The number of rotatable bonds is 15. The molecule has 94 heavy (non-hydrogen) atoms. The van der Waals surface area contributed by atoms with Crippen LogP contribution in [0.3, 0.4) is 0 Å². The Kier molecular flexibility index (Phi) is 15.4. The Bertz CT molecular complexity index is 4580. The van der Waals surface area contributed by atoms with E-state index in [0.717, 1.165) is 193 Å². The minimum absolute atomic E-state index is 0.0555. The van der Waals surface area contributed by atoms with Crippen molar-refractivity contribution >= 4 is 78.4 Å². The van der Waals surface area contributed by atoms with Crippen molar-refractivity contribution in [2.75, 3.05) is 108 Å². The number of aliphatic hydroxyl groups excluding tert-OH is 2. The van der Waals surface area contributed by atoms with Crippen LogP contribution in [0.15, 0.2) is 176 Å². The largest absolute Gasteiger partial charge is 0.388 e. The Hall–Kier alpha value is -9.45. The fourth-order valence-corrected chi connectivity index (χ4v) is 16.0. The maximum atomic E-state index is 15.4. The SMILES string of the molecule is OC(c1ccc2nc(N3CCC(Cc4ccccc4)CC3)c(C3CN(c4ccc5ccccc5n4)C3)nc2c1C(O)C1CCN(c2cc(F)cnc2C2CN(c3ccc4ccccc4n3)C2)CC1)C1CCN(c2ccnnc2C2CN(c3ccc4ccccc4n3)C2)CC1. The zero-order valence-corrected chi connectivity index (χ0v) is 52.8. The van der Waals surface area contributed by atoms with Crippen molar-refractivity contribution in [3.05, 3.63) is 216 Å². The lowest BCUT2D eigenvalue weighted by Crippen LogP contribution is -2.47. The summed E-state index contributed by atoms with van der Waals surface area (Å²) in [5.74, 6) is 4.09. The summed E-state index contributed by atoms with van der Waals surface area (Å²) in [5.41, 5.74) is 11.9. The van der Waals surface area contributed by atoms with Gasteiger partial charge in [-0.1, -0.05) is 91.0 Å². The number of benzene rings is 5. The van der Waals surface area contributed by atoms with E-state index >= 15 is 4.39 Å². The summed E-state index contributed by atoms with van der Waals surface area (Å²) in [6, 6.07) is 56.1. The molecule has 0 aliphatic carbocycles. The molecule has 474 valence electrons. The predicted octanol–water partition coefficient (Wildman–Crippen LogP) is 12.8. The minimum atomic E-state index is -0.964. The smallest absolute Gasteiger partial charge is 0.151 e. The second-order valence-electron chi connectivity index (χ2n) is 27.3. The van der Waals surface area contributed by atoms with Crippen LogP contribution in [0, 0.1) is 23.6 Å². The number of pyridine rings is 4. The zero-order valence-electron chi connectivity index (χ0n) is 52.8. The molecule has 0 radical (unpaired) electrons. The molecule has 2 atom stereocenters. The Morgan fingerprint density at radius 3 is 1.51 bits per heavy atom. The number of halogens is 1. The first-order valence-corrected chi connectivity index (χ1v) is 34.0. The molecule has 6 saturated heterocycles. The van der Waals surface area contributed by atoms with E-state index in [4.69, 9.17) is 35.0 Å². The highest BCUT2D eigenvalue weighted by Crippen LogP contribution is 2.46. The van der Waals surface area contributed by atoms with Crippen molar-refractivity contribution in [1.82, 2.24) is 40.1 Å². The summed E-state index contributed by atoms with van der Waals surface area (Å²) in [6.45, 7) is 8.99. The van der Waals surface area contributed by atoms with Crippen molar-refractivity contribution < 1.29 is 14.6 Å². The molecule has 6 aromatic heterocycles. The van der Waals surface area contributed by atoms with Crippen LogP contribution in [-0.4, -0.2) is 129 Å². The Morgan fingerprint density at radius 1 is 0.436 bits per heavy atom. The van der Waals surface area contributed by atoms with Crippen LogP contribution in [0.1, 0.15) is 102 Å². The number of para-hydroxylation sites is 3. The second-order valence-corrected chi connectivity index (χ2v) is 27.3. The Morgan fingerprint density at radius 2 is 0.936 bits per heavy atom. The maximum Gasteiger partial charge on any atom is 0.151 e. The van der Waals surface area contributed by atoms with E-state index in [9.17, 15) is 10.2 Å². The van der Waals surface area contributed by atoms with Gasteiger partial charge in [0.25, 0.3) is 0 Å². The second kappa shape index (κ2) is 24.8. The Labute approximate surface area is 546 Å². The molecule has 17 heteroatoms. The number of fused-ring (bicyclic) bond motifs is 4. The topological polar surface area (TPSA) is 163 Å². The molecule has 2 N–H and O–H groups in total. The quantitative estimate of drug-likeness (QED) is 0.0996. The highest BCUT2D eigenvalue weighted by atomic mass is 19.1. The van der Waals surface area contributed by atoms with Crippen molar-refractivity contribution in [3.8, 4) is 0 Å². The predicted molar refractivity (Wildman–Crippen MR) is 371 cm³/mol. The van der Waals surface area contributed by atoms with Crippen molar-refractivity contribution in [3.63, 3.8) is 0 Å². The van der Waals surface area contributed by atoms with E-state index in [0.29, 0.717) is 42.9 Å². The summed E-state index contributed by atoms with van der Waals surface area (Å²) in [4.78, 5) is 45.4. The molecule has 12 heterocycles. The molecule has 0 amide bonds. The highest BCUT2D eigenvalue weighted by Gasteiger charge is 2.41. The molecule has 2 unspecified atom stereocenters. The average molecular weight is 1250 g/mol. The number of aliphatic hydroxyl groups is 2. The number of hydrogen-bond donors (Lipinski definition) is 2. The van der Waals surface area contributed by atoms with Crippen LogP contribution in [0.4, 0.5) is 39.0 Å². The van der Waals surface area contributed by atoms with Crippen molar-refractivity contribution in [1.29, 1.82) is 0 Å². The molecule has 17 rings (SSSR count). The molecule has 5 aromatic carbocycles. The number of aromatic nitrogens is 8. The van der Waals surface area contributed by atoms with Crippen LogP contribution in [-0.2, 0) is 6.42 Å². The zero-order chi connectivity index (χ0) is 62.8. The van der Waals surface area contributed by atoms with Gasteiger partial charge in [-0.15, -0.1) is 0 Å². The van der Waals surface area contributed by atoms with Gasteiger partial charge < -0.3 is 39.6 Å². The number of anilines is 6. The van der Waals surface area contributed by atoms with E-state index in [1.165, 1.54) is 11.8 Å². The van der Waals surface area contributed by atoms with Gasteiger partial charge >= 0.3 is 0 Å². The van der Waals surface area contributed by atoms with E-state index in [2.05, 4.69) is 150 Å². The summed E-state index contributed by atoms with van der Waals surface area (Å²) >= 11 is 0. The van der Waals surface area contributed by atoms with E-state index in [-0.39, 0.29) is 35.4 Å². The lowest BCUT2D eigenvalue weighted by Gasteiger charge is -2.43. The third kappa shape index (κ3) is 11.2. The summed E-state index contributed by atoms with van der Waals surface area (Å²) in [6.07, 6.45) is 7.24. The van der Waals surface area contributed by atoms with E-state index < -0.39 is 12.2 Å². The summed E-state index contributed by atoms with van der Waals surface area (Å²) < 4.78 is 15.4. The molecule has 16 nitrogen and oxygen atoms in total. The Balaban J connectivity index is 0.664. The van der Waals surface area contributed by atoms with Gasteiger partial charge in [-0.25, -0.2) is 29.3 Å². The van der Waals surface area contributed by atoms with Crippen LogP contribution in [0.5, 0.6) is 0 Å². The first-order valence-electron chi connectivity index (χ1n) is 34.0. The molecule has 6 aliphatic rings. The van der Waals surface area contributed by atoms with E-state index in [1.807, 2.05) is 42.5 Å². The lowest BCUT2D eigenvalue weighted by molar-refractivity contribution is 0.0730. The molecule has 6 fully saturated rings. The standard InChI is InChI=1S/C77H77FN14O2/c78-59-41-66(71(79-42-59)56-43-90(44-56)67-23-18-51-12-4-7-15-61(51)81-67)88-38-31-55(32-39-88)76(94)70-60(75(93)54-29-36-87(37-30-54)65-26-33-80-86-72(65)57-45-91(46-57)68-24-19-52-13-5-8-16-62(52)82-68)21-22-64-74(70)85-73(58-47-92(48-58)69-25-20-53-14-6-9-17-63(53)83-69)77(84-64)89-34-27-50(28-35-89)40-49-10-2-1-3-11-49/h1-26,33,41-42,50,54-58,75-76,93-94H,27-32,34-40,43-48H2. The first kappa shape index (κ1) is 58.4. The summed E-state index contributed by atoms with van der Waals surface area (Å²) in [5, 5.41) is 39.1. The van der Waals surface area contributed by atoms with Gasteiger partial charge in [-0.05, 0) is 141 Å². The normalized spacial score (nSPS) is 18.9. The molecule has 0 bridgehead atoms. The third-order valence-corrected chi connectivity index (χ3v) is 21.6. The fourth-order valence-electron chi connectivity index (χ4n) is 16.0. The fraction of sp³-hybridized carbons (Fsp3) is 0.351. The molecule has 11 aromatic rings. The van der Waals surface area contributed by atoms with Crippen LogP contribution in [0.25, 0.3) is 43.7 Å². The molecular weight excluding hydrogens is 1170 g/mol. The van der Waals surface area contributed by atoms with Crippen LogP contribution >= 0.6 is 0 Å². The highest BCUT2D eigenvalue weighted by molar-refractivity contribution is 5.84. The molecule has 0 saturated carbocycles. The van der Waals surface area contributed by atoms with Crippen LogP contribution in [0.2, 0.25) is 0 Å². The average Bonchev–Trinajstić information content (AvgIpc) is 0.776. The van der Waals surface area contributed by atoms with Gasteiger partial charge in [-0.2, -0.15) is 10.2 Å². The molecular formula is C77H77FN14O2. The van der Waals surface area contributed by atoms with Crippen molar-refractivity contribution in [2.24, 2.45) is 17.8 Å². The molecule has 6 aliphatic heterocycles. The number of hydrogen-bond acceptors (Lipinski definition) is 16. The van der Waals surface area contributed by atoms with Crippen LogP contribution < -0.4 is 29.4 Å². The minimum Gasteiger partial charge on any atom is -0.388 e. The number of nitrogens with zero attached hydrogens (tertiary/aromatic N) is 14. The van der Waals surface area contributed by atoms with Gasteiger partial charge in [0.1, 0.15) is 23.3 Å². The maximum absolute atomic E-state index is 15.4. The monoisotopic (exact) mass is 1250 g/mol. The van der Waals surface area contributed by atoms with Gasteiger partial charge in [0, 0.05) is 124 Å². The third-order valence-electron chi connectivity index (χ3n) is 21.6. The van der Waals surface area contributed by atoms with Gasteiger partial charge in [0.2, 0.25) is 0 Å². The lowest BCUT2D eigenvalue weighted by atomic mass is 9.80. The first-order chi connectivity index (χ1) is 46.2. The summed E-state index contributed by atoms with van der Waals surface area (Å²) in [7, 11) is 0. The number of piperidine rings is 3. The van der Waals surface area contributed by atoms with Crippen molar-refractivity contribution in [2.45, 2.75) is 74.9 Å². The van der Waals surface area contributed by atoms with Gasteiger partial charge in [-0.3, -0.25) is 4.98 Å². The van der Waals surface area contributed by atoms with E-state index in [1.54, 1.807) is 12.3 Å². The van der Waals surface area contributed by atoms with Gasteiger partial charge in [0.05, 0.1) is 80.6 Å². The molecule has 0 spiro atoms. The van der Waals surface area contributed by atoms with Gasteiger partial charge in [0.15, 0.2) is 5.82 Å².